The van der Waals surface area contributed by atoms with Crippen molar-refractivity contribution in [1.82, 2.24) is 0 Å². The van der Waals surface area contributed by atoms with Crippen molar-refractivity contribution >= 4 is 22.9 Å². The second kappa shape index (κ2) is 12.5. The van der Waals surface area contributed by atoms with E-state index in [1.807, 2.05) is 6.92 Å². The Balaban J connectivity index is 2.24. The van der Waals surface area contributed by atoms with Crippen molar-refractivity contribution in [3.05, 3.63) is 46.3 Å². The zero-order valence-electron chi connectivity index (χ0n) is 18.9. The van der Waals surface area contributed by atoms with E-state index in [1.165, 1.54) is 13.0 Å². The summed E-state index contributed by atoms with van der Waals surface area (Å²) in [4.78, 5) is 36.2. The smallest absolute Gasteiger partial charge is 0.351 e. The molecule has 0 N–H and O–H groups in total. The zero-order chi connectivity index (χ0) is 23.5. The highest BCUT2D eigenvalue weighted by molar-refractivity contribution is 5.95. The maximum atomic E-state index is 12.4. The standard InChI is InChI=1S/C24H30O8/c1-5-7-9-28-17-13-20(29-10-8-6-2)18-15-19(24(27)32-21(18)14-17)23(26)31-12-11-30-22(25)16(3)4/h13-15H,3,5-12H2,1-2,4H3. The van der Waals surface area contributed by atoms with Crippen LogP contribution in [0.15, 0.2) is 39.6 Å². The fourth-order valence-electron chi connectivity index (χ4n) is 2.64. The summed E-state index contributed by atoms with van der Waals surface area (Å²) in [5.74, 6) is -0.488. The Hall–Kier alpha value is -3.29. The average Bonchev–Trinajstić information content (AvgIpc) is 2.76. The molecule has 0 saturated heterocycles. The van der Waals surface area contributed by atoms with Gasteiger partial charge in [-0.25, -0.2) is 14.4 Å². The van der Waals surface area contributed by atoms with Gasteiger partial charge in [0.2, 0.25) is 0 Å². The molecule has 1 aromatic carbocycles. The van der Waals surface area contributed by atoms with E-state index in [9.17, 15) is 14.4 Å². The molecule has 0 radical (unpaired) electrons. The molecule has 8 nitrogen and oxygen atoms in total. The lowest BCUT2D eigenvalue weighted by Gasteiger charge is -2.13. The van der Waals surface area contributed by atoms with Crippen molar-refractivity contribution in [3.8, 4) is 11.5 Å². The Bertz CT molecular complexity index is 1000. The number of ether oxygens (including phenoxy) is 4. The van der Waals surface area contributed by atoms with Gasteiger partial charge in [0.1, 0.15) is 35.9 Å². The van der Waals surface area contributed by atoms with Gasteiger partial charge >= 0.3 is 17.6 Å². The van der Waals surface area contributed by atoms with Gasteiger partial charge in [-0.1, -0.05) is 33.3 Å². The van der Waals surface area contributed by atoms with Crippen LogP contribution in [0.1, 0.15) is 56.8 Å². The summed E-state index contributed by atoms with van der Waals surface area (Å²) >= 11 is 0. The summed E-state index contributed by atoms with van der Waals surface area (Å²) in [5, 5.41) is 0.462. The molecule has 0 aliphatic carbocycles. The van der Waals surface area contributed by atoms with Gasteiger partial charge in [-0.05, 0) is 25.8 Å². The highest BCUT2D eigenvalue weighted by Crippen LogP contribution is 2.31. The van der Waals surface area contributed by atoms with Crippen LogP contribution < -0.4 is 15.1 Å². The maximum Gasteiger partial charge on any atom is 0.351 e. The van der Waals surface area contributed by atoms with Gasteiger partial charge < -0.3 is 23.4 Å². The second-order valence-electron chi connectivity index (χ2n) is 7.24. The SMILES string of the molecule is C=C(C)C(=O)OCCOC(=O)c1cc2c(OCCCC)cc(OCCCC)cc2oc1=O. The second-order valence-corrected chi connectivity index (χ2v) is 7.24. The number of unbranched alkanes of at least 4 members (excludes halogenated alkanes) is 2. The van der Waals surface area contributed by atoms with Crippen LogP contribution in [0, 0.1) is 0 Å². The normalized spacial score (nSPS) is 10.6. The number of esters is 2. The molecule has 2 aromatic rings. The number of hydrogen-bond donors (Lipinski definition) is 0. The van der Waals surface area contributed by atoms with E-state index >= 15 is 0 Å². The minimum absolute atomic E-state index is 0.153. The van der Waals surface area contributed by atoms with Crippen molar-refractivity contribution in [1.29, 1.82) is 0 Å². The molecule has 0 fully saturated rings. The van der Waals surface area contributed by atoms with E-state index in [2.05, 4.69) is 13.5 Å². The van der Waals surface area contributed by atoms with E-state index in [1.54, 1.807) is 12.1 Å². The van der Waals surface area contributed by atoms with Crippen LogP contribution in [0.25, 0.3) is 11.0 Å². The fraction of sp³-hybridized carbons (Fsp3) is 0.458. The van der Waals surface area contributed by atoms with E-state index in [0.717, 1.165) is 25.7 Å². The van der Waals surface area contributed by atoms with Gasteiger partial charge in [0.05, 0.1) is 18.6 Å². The highest BCUT2D eigenvalue weighted by Gasteiger charge is 2.19. The first-order valence-corrected chi connectivity index (χ1v) is 10.7. The first-order chi connectivity index (χ1) is 15.4. The molecule has 0 amide bonds. The molecule has 1 heterocycles. The van der Waals surface area contributed by atoms with Crippen molar-refractivity contribution in [3.63, 3.8) is 0 Å². The first-order valence-electron chi connectivity index (χ1n) is 10.7. The molecular weight excluding hydrogens is 416 g/mol. The first kappa shape index (κ1) is 25.0. The molecule has 0 aliphatic rings. The molecule has 0 atom stereocenters. The Morgan fingerprint density at radius 1 is 0.938 bits per heavy atom. The van der Waals surface area contributed by atoms with Crippen LogP contribution >= 0.6 is 0 Å². The Kier molecular flexibility index (Phi) is 9.78. The molecule has 0 saturated carbocycles. The zero-order valence-corrected chi connectivity index (χ0v) is 18.9. The summed E-state index contributed by atoms with van der Waals surface area (Å²) in [6.45, 7) is 9.72. The average molecular weight is 446 g/mol. The molecule has 0 spiro atoms. The number of rotatable bonds is 13. The largest absolute Gasteiger partial charge is 0.493 e. The number of carbonyl (C=O) groups is 2. The highest BCUT2D eigenvalue weighted by atomic mass is 16.6. The fourth-order valence-corrected chi connectivity index (χ4v) is 2.64. The van der Waals surface area contributed by atoms with Crippen LogP contribution in [0.3, 0.4) is 0 Å². The van der Waals surface area contributed by atoms with Gasteiger partial charge in [0.25, 0.3) is 0 Å². The summed E-state index contributed by atoms with van der Waals surface area (Å²) in [6.07, 6.45) is 3.67. The lowest BCUT2D eigenvalue weighted by atomic mass is 10.1. The van der Waals surface area contributed by atoms with Crippen LogP contribution in [0.5, 0.6) is 11.5 Å². The van der Waals surface area contributed by atoms with Crippen LogP contribution in [0.4, 0.5) is 0 Å². The van der Waals surface area contributed by atoms with Crippen LogP contribution in [-0.4, -0.2) is 38.4 Å². The van der Waals surface area contributed by atoms with E-state index in [4.69, 9.17) is 23.4 Å². The predicted molar refractivity (Wildman–Crippen MR) is 119 cm³/mol. The number of benzene rings is 1. The third-order valence-electron chi connectivity index (χ3n) is 4.43. The van der Waals surface area contributed by atoms with Crippen LogP contribution in [-0.2, 0) is 14.3 Å². The Morgan fingerprint density at radius 2 is 1.59 bits per heavy atom. The number of fused-ring (bicyclic) bond motifs is 1. The van der Waals surface area contributed by atoms with E-state index in [-0.39, 0.29) is 29.9 Å². The Morgan fingerprint density at radius 3 is 2.25 bits per heavy atom. The van der Waals surface area contributed by atoms with Crippen molar-refractivity contribution in [2.75, 3.05) is 26.4 Å². The van der Waals surface area contributed by atoms with E-state index < -0.39 is 17.6 Å². The summed E-state index contributed by atoms with van der Waals surface area (Å²) in [5.41, 5.74) is -0.627. The molecule has 2 rings (SSSR count). The summed E-state index contributed by atoms with van der Waals surface area (Å²) < 4.78 is 26.9. The number of hydrogen-bond acceptors (Lipinski definition) is 8. The lowest BCUT2D eigenvalue weighted by Crippen LogP contribution is -2.19. The maximum absolute atomic E-state index is 12.4. The number of carbonyl (C=O) groups excluding carboxylic acids is 2. The van der Waals surface area contributed by atoms with E-state index in [0.29, 0.717) is 30.1 Å². The molecule has 0 bridgehead atoms. The minimum atomic E-state index is -0.880. The predicted octanol–water partition coefficient (Wildman–Crippen LogP) is 4.43. The molecule has 174 valence electrons. The van der Waals surface area contributed by atoms with Gasteiger partial charge in [-0.3, -0.25) is 0 Å². The third-order valence-corrected chi connectivity index (χ3v) is 4.43. The van der Waals surface area contributed by atoms with Gasteiger partial charge in [0.15, 0.2) is 0 Å². The molecule has 1 aromatic heterocycles. The quantitative estimate of drug-likeness (QED) is 0.193. The monoisotopic (exact) mass is 446 g/mol. The van der Waals surface area contributed by atoms with Gasteiger partial charge in [-0.15, -0.1) is 0 Å². The Labute approximate surface area is 187 Å². The molecular formula is C24H30O8. The van der Waals surface area contributed by atoms with Gasteiger partial charge in [-0.2, -0.15) is 0 Å². The lowest BCUT2D eigenvalue weighted by molar-refractivity contribution is -0.140. The van der Waals surface area contributed by atoms with Gasteiger partial charge in [0, 0.05) is 17.7 Å². The molecule has 0 unspecified atom stereocenters. The van der Waals surface area contributed by atoms with Crippen molar-refractivity contribution < 1.29 is 33.0 Å². The molecule has 8 heteroatoms. The summed E-state index contributed by atoms with van der Waals surface area (Å²) in [7, 11) is 0. The van der Waals surface area contributed by atoms with Crippen LogP contribution in [0.2, 0.25) is 0 Å². The topological polar surface area (TPSA) is 101 Å². The molecule has 32 heavy (non-hydrogen) atoms. The summed E-state index contributed by atoms with van der Waals surface area (Å²) in [6, 6.07) is 4.71. The van der Waals surface area contributed by atoms with Crippen molar-refractivity contribution in [2.24, 2.45) is 0 Å². The third kappa shape index (κ3) is 7.14. The molecule has 0 aliphatic heterocycles. The minimum Gasteiger partial charge on any atom is -0.493 e. The van der Waals surface area contributed by atoms with Crippen molar-refractivity contribution in [2.45, 2.75) is 46.5 Å².